The van der Waals surface area contributed by atoms with Crippen LogP contribution >= 0.6 is 0 Å². The van der Waals surface area contributed by atoms with Gasteiger partial charge in [-0.2, -0.15) is 0 Å². The number of fused-ring (bicyclic) bond motifs is 7. The molecule has 0 N–H and O–H groups in total. The van der Waals surface area contributed by atoms with Crippen LogP contribution in [0.2, 0.25) is 0 Å². The average molecular weight is 1030 g/mol. The third-order valence-electron chi connectivity index (χ3n) is 16.1. The van der Waals surface area contributed by atoms with Gasteiger partial charge in [-0.05, 0) is 159 Å². The minimum absolute atomic E-state index is 0.729. The Morgan fingerprint density at radius 1 is 0.362 bits per heavy atom. The molecule has 0 saturated heterocycles. The van der Waals surface area contributed by atoms with E-state index in [1.807, 2.05) is 6.08 Å². The maximum Gasteiger partial charge on any atom is 0.160 e. The Morgan fingerprint density at radius 3 is 1.40 bits per heavy atom. The number of hydrogen-bond donors (Lipinski definition) is 0. The number of aryl methyl sites for hydroxylation is 4. The first kappa shape index (κ1) is 48.3. The van der Waals surface area contributed by atoms with Crippen LogP contribution in [-0.2, 0) is 0 Å². The topological polar surface area (TPSA) is 40.6 Å². The lowest BCUT2D eigenvalue weighted by atomic mass is 9.92. The van der Waals surface area contributed by atoms with E-state index in [4.69, 9.17) is 9.97 Å². The molecule has 4 aromatic heterocycles. The molecule has 382 valence electrons. The van der Waals surface area contributed by atoms with Crippen LogP contribution in [0.5, 0.6) is 0 Å². The Morgan fingerprint density at radius 2 is 0.825 bits per heavy atom. The van der Waals surface area contributed by atoms with E-state index >= 15 is 0 Å². The van der Waals surface area contributed by atoms with Gasteiger partial charge < -0.3 is 13.7 Å². The maximum absolute atomic E-state index is 5.23. The van der Waals surface area contributed by atoms with Crippen LogP contribution in [0.15, 0.2) is 237 Å². The zero-order valence-electron chi connectivity index (χ0n) is 45.5. The van der Waals surface area contributed by atoms with Gasteiger partial charge >= 0.3 is 0 Å². The number of aromatic nitrogens is 5. The van der Waals surface area contributed by atoms with Crippen molar-refractivity contribution >= 4 is 66.7 Å². The fourth-order valence-electron chi connectivity index (χ4n) is 12.5. The minimum atomic E-state index is 0.729. The van der Waals surface area contributed by atoms with E-state index in [1.54, 1.807) is 0 Å². The second kappa shape index (κ2) is 19.4. The minimum Gasteiger partial charge on any atom is -0.309 e. The Labute approximate surface area is 466 Å². The van der Waals surface area contributed by atoms with Crippen molar-refractivity contribution in [1.82, 2.24) is 23.7 Å². The average Bonchev–Trinajstić information content (AvgIpc) is 4.23. The molecule has 0 bridgehead atoms. The molecule has 0 radical (unpaired) electrons. The molecule has 0 fully saturated rings. The summed E-state index contributed by atoms with van der Waals surface area (Å²) in [5.41, 5.74) is 25.9. The van der Waals surface area contributed by atoms with Crippen molar-refractivity contribution in [3.63, 3.8) is 0 Å². The van der Waals surface area contributed by atoms with Crippen LogP contribution in [0.25, 0.3) is 140 Å². The van der Waals surface area contributed by atoms with E-state index in [1.165, 1.54) is 71.3 Å². The largest absolute Gasteiger partial charge is 0.309 e. The zero-order chi connectivity index (χ0) is 54.2. The molecule has 0 unspecified atom stereocenters. The number of rotatable bonds is 10. The molecule has 5 heteroatoms. The second-order valence-corrected chi connectivity index (χ2v) is 21.3. The third-order valence-corrected chi connectivity index (χ3v) is 16.1. The summed E-state index contributed by atoms with van der Waals surface area (Å²) in [6.07, 6.45) is 6.30. The molecule has 14 rings (SSSR count). The van der Waals surface area contributed by atoms with Gasteiger partial charge in [0, 0.05) is 66.2 Å². The van der Waals surface area contributed by atoms with Gasteiger partial charge in [0.15, 0.2) is 5.82 Å². The van der Waals surface area contributed by atoms with Crippen molar-refractivity contribution < 1.29 is 0 Å². The standard InChI is InChI=1S/C75H57N5/c1-7-17-68-60(8-2)61-22-9-12-25-69(61)79(68)58-36-38-72-64(44-58)65-45-59(80-70-26-13-10-23-62(70)63-24-11-14-27-71(63)80)37-39-73(65)78(72)57-34-32-52(33-35-57)51-28-30-53(31-29-51)56-42-49(5)74(50(6)43-56)67-46-66(54-20-15-18-47(3)40-54)76-75(77-67)55-21-16-19-48(4)41-55/h7-46H,2H2,1,3-6H3/b17-7-. The van der Waals surface area contributed by atoms with E-state index in [-0.39, 0.29) is 0 Å². The smallest absolute Gasteiger partial charge is 0.160 e. The molecule has 80 heavy (non-hydrogen) atoms. The fraction of sp³-hybridized carbons (Fsp3) is 0.0667. The number of allylic oxidation sites excluding steroid dienone is 1. The summed E-state index contributed by atoms with van der Waals surface area (Å²) < 4.78 is 7.22. The summed E-state index contributed by atoms with van der Waals surface area (Å²) in [6, 6.07) is 81.9. The fourth-order valence-corrected chi connectivity index (χ4v) is 12.5. The van der Waals surface area contributed by atoms with Crippen molar-refractivity contribution in [2.45, 2.75) is 34.6 Å². The molecule has 5 nitrogen and oxygen atoms in total. The molecule has 14 aromatic rings. The molecular formula is C75H57N5. The predicted octanol–water partition coefficient (Wildman–Crippen LogP) is 19.9. The number of benzene rings is 10. The summed E-state index contributed by atoms with van der Waals surface area (Å²) in [5, 5.41) is 6.04. The van der Waals surface area contributed by atoms with E-state index in [9.17, 15) is 0 Å². The summed E-state index contributed by atoms with van der Waals surface area (Å²) in [6.45, 7) is 15.0. The summed E-state index contributed by atoms with van der Waals surface area (Å²) in [7, 11) is 0. The molecule has 10 aromatic carbocycles. The first-order valence-corrected chi connectivity index (χ1v) is 27.5. The van der Waals surface area contributed by atoms with E-state index in [0.29, 0.717) is 0 Å². The highest BCUT2D eigenvalue weighted by Gasteiger charge is 2.21. The SMILES string of the molecule is C=Cc1c(/C=C\C)n(-c2ccc3c(c2)c2cc(-n4c5ccccc5c5ccccc54)ccc2n3-c2ccc(-c3ccc(-c4cc(C)c(-c5cc(-c6cccc(C)c6)nc(-c6cccc(C)c6)n5)c(C)c4)cc3)cc2)c2ccccc12. The molecule has 0 aliphatic heterocycles. The van der Waals surface area contributed by atoms with Gasteiger partial charge in [0.25, 0.3) is 0 Å². The Bertz CT molecular complexity index is 4690. The highest BCUT2D eigenvalue weighted by atomic mass is 15.0. The number of nitrogens with zero attached hydrogens (tertiary/aromatic N) is 5. The zero-order valence-corrected chi connectivity index (χ0v) is 45.5. The van der Waals surface area contributed by atoms with Crippen LogP contribution in [0.1, 0.15) is 40.4 Å². The first-order chi connectivity index (χ1) is 39.2. The van der Waals surface area contributed by atoms with E-state index < -0.39 is 0 Å². The Hall–Kier alpha value is -10.1. The Balaban J connectivity index is 0.836. The van der Waals surface area contributed by atoms with Crippen molar-refractivity contribution in [1.29, 1.82) is 0 Å². The van der Waals surface area contributed by atoms with Crippen molar-refractivity contribution in [3.05, 3.63) is 271 Å². The van der Waals surface area contributed by atoms with E-state index in [2.05, 4.69) is 292 Å². The predicted molar refractivity (Wildman–Crippen MR) is 338 cm³/mol. The number of para-hydroxylation sites is 3. The molecule has 0 spiro atoms. The molecular weight excluding hydrogens is 971 g/mol. The molecule has 0 amide bonds. The van der Waals surface area contributed by atoms with Gasteiger partial charge in [0.05, 0.1) is 44.7 Å². The first-order valence-electron chi connectivity index (χ1n) is 27.5. The second-order valence-electron chi connectivity index (χ2n) is 21.3. The molecule has 0 atom stereocenters. The quantitative estimate of drug-likeness (QED) is 0.137. The van der Waals surface area contributed by atoms with Gasteiger partial charge in [-0.15, -0.1) is 0 Å². The van der Waals surface area contributed by atoms with Gasteiger partial charge in [0.1, 0.15) is 0 Å². The molecule has 0 aliphatic carbocycles. The van der Waals surface area contributed by atoms with Gasteiger partial charge in [-0.25, -0.2) is 9.97 Å². The van der Waals surface area contributed by atoms with Crippen LogP contribution in [0.3, 0.4) is 0 Å². The van der Waals surface area contributed by atoms with Crippen molar-refractivity contribution in [2.75, 3.05) is 0 Å². The monoisotopic (exact) mass is 1030 g/mol. The third kappa shape index (κ3) is 8.08. The summed E-state index contributed by atoms with van der Waals surface area (Å²) in [4.78, 5) is 10.4. The summed E-state index contributed by atoms with van der Waals surface area (Å²) in [5.74, 6) is 0.729. The lowest BCUT2D eigenvalue weighted by Crippen LogP contribution is -1.99. The normalized spacial score (nSPS) is 11.8. The van der Waals surface area contributed by atoms with Crippen molar-refractivity contribution in [3.8, 4) is 73.2 Å². The molecule has 0 saturated carbocycles. The lowest BCUT2D eigenvalue weighted by Gasteiger charge is -2.16. The van der Waals surface area contributed by atoms with Crippen LogP contribution < -0.4 is 0 Å². The molecule has 0 aliphatic rings. The van der Waals surface area contributed by atoms with E-state index in [0.717, 1.165) is 89.9 Å². The molecule has 4 heterocycles. The van der Waals surface area contributed by atoms with Crippen LogP contribution in [0, 0.1) is 27.7 Å². The summed E-state index contributed by atoms with van der Waals surface area (Å²) >= 11 is 0. The van der Waals surface area contributed by atoms with Gasteiger partial charge in [-0.3, -0.25) is 0 Å². The van der Waals surface area contributed by atoms with Crippen LogP contribution in [-0.4, -0.2) is 23.7 Å². The number of hydrogen-bond acceptors (Lipinski definition) is 2. The Kier molecular flexibility index (Phi) is 11.7. The van der Waals surface area contributed by atoms with Crippen molar-refractivity contribution in [2.24, 2.45) is 0 Å². The van der Waals surface area contributed by atoms with Gasteiger partial charge in [-0.1, -0.05) is 169 Å². The van der Waals surface area contributed by atoms with Gasteiger partial charge in [0.2, 0.25) is 0 Å². The lowest BCUT2D eigenvalue weighted by molar-refractivity contribution is 1.11. The maximum atomic E-state index is 5.23. The highest BCUT2D eigenvalue weighted by molar-refractivity contribution is 6.13. The van der Waals surface area contributed by atoms with Crippen LogP contribution in [0.4, 0.5) is 0 Å². The highest BCUT2D eigenvalue weighted by Crippen LogP contribution is 2.41.